The van der Waals surface area contributed by atoms with E-state index in [4.69, 9.17) is 9.47 Å². The summed E-state index contributed by atoms with van der Waals surface area (Å²) >= 11 is 0. The van der Waals surface area contributed by atoms with Gasteiger partial charge in [-0.25, -0.2) is 9.97 Å². The lowest BCUT2D eigenvalue weighted by atomic mass is 10.0. The summed E-state index contributed by atoms with van der Waals surface area (Å²) in [5.41, 5.74) is 0.808. The van der Waals surface area contributed by atoms with E-state index in [1.807, 2.05) is 24.7 Å². The Morgan fingerprint density at radius 3 is 2.72 bits per heavy atom. The van der Waals surface area contributed by atoms with Gasteiger partial charge in [-0.05, 0) is 46.5 Å². The highest BCUT2D eigenvalue weighted by Gasteiger charge is 2.51. The average Bonchev–Trinajstić information content (AvgIpc) is 3.18. The van der Waals surface area contributed by atoms with Gasteiger partial charge in [0.2, 0.25) is 0 Å². The van der Waals surface area contributed by atoms with Gasteiger partial charge in [0.25, 0.3) is 0 Å². The molecule has 2 heterocycles. The van der Waals surface area contributed by atoms with Gasteiger partial charge in [-0.3, -0.25) is 9.48 Å². The molecule has 174 valence electrons. The molecule has 2 fully saturated rings. The lowest BCUT2D eigenvalue weighted by molar-refractivity contribution is -0.134. The molecule has 9 heteroatoms. The molecule has 0 saturated heterocycles. The van der Waals surface area contributed by atoms with E-state index in [-0.39, 0.29) is 35.5 Å². The van der Waals surface area contributed by atoms with Crippen LogP contribution in [0.2, 0.25) is 0 Å². The lowest BCUT2D eigenvalue weighted by Gasteiger charge is -2.26. The number of ether oxygens (including phenoxy) is 2. The van der Waals surface area contributed by atoms with E-state index in [9.17, 15) is 9.90 Å². The highest BCUT2D eigenvalue weighted by molar-refractivity contribution is 5.82. The molecule has 0 spiro atoms. The van der Waals surface area contributed by atoms with Crippen molar-refractivity contribution in [3.8, 4) is 17.3 Å². The summed E-state index contributed by atoms with van der Waals surface area (Å²) in [6, 6.07) is -0.263. The Balaban J connectivity index is 1.19. The first-order chi connectivity index (χ1) is 15.2. The largest absolute Gasteiger partial charge is 0.479 e. The summed E-state index contributed by atoms with van der Waals surface area (Å²) in [7, 11) is 0. The van der Waals surface area contributed by atoms with Crippen molar-refractivity contribution in [2.24, 2.45) is 11.8 Å². The van der Waals surface area contributed by atoms with Gasteiger partial charge in [-0.15, -0.1) is 5.10 Å². The zero-order valence-electron chi connectivity index (χ0n) is 19.2. The molecule has 2 aromatic rings. The number of rotatable bonds is 11. The number of carbonyl (C=O) groups is 1. The van der Waals surface area contributed by atoms with E-state index in [0.29, 0.717) is 23.8 Å². The zero-order valence-corrected chi connectivity index (χ0v) is 19.2. The van der Waals surface area contributed by atoms with E-state index in [0.717, 1.165) is 45.1 Å². The maximum absolute atomic E-state index is 12.3. The Hall–Kier alpha value is -2.39. The molecule has 2 aliphatic carbocycles. The molecule has 2 unspecified atom stereocenters. The minimum Gasteiger partial charge on any atom is -0.479 e. The summed E-state index contributed by atoms with van der Waals surface area (Å²) in [4.78, 5) is 19.8. The van der Waals surface area contributed by atoms with Crippen molar-refractivity contribution in [2.75, 3.05) is 13.2 Å². The van der Waals surface area contributed by atoms with Gasteiger partial charge in [0.05, 0.1) is 24.0 Å². The van der Waals surface area contributed by atoms with E-state index in [1.54, 1.807) is 0 Å². The van der Waals surface area contributed by atoms with E-state index in [2.05, 4.69) is 27.2 Å². The molecule has 0 radical (unpaired) electrons. The van der Waals surface area contributed by atoms with Gasteiger partial charge < -0.3 is 14.6 Å². The molecular formula is C23H33N5O4. The first-order valence-corrected chi connectivity index (χ1v) is 11.5. The van der Waals surface area contributed by atoms with Crippen LogP contribution in [0.5, 0.6) is 6.01 Å². The van der Waals surface area contributed by atoms with Crippen molar-refractivity contribution in [1.82, 2.24) is 25.0 Å². The molecule has 9 nitrogen and oxygen atoms in total. The molecule has 32 heavy (non-hydrogen) atoms. The molecular weight excluding hydrogens is 410 g/mol. The Labute approximate surface area is 188 Å². The van der Waals surface area contributed by atoms with Crippen LogP contribution in [-0.2, 0) is 20.8 Å². The Kier molecular flexibility index (Phi) is 6.57. The predicted molar refractivity (Wildman–Crippen MR) is 117 cm³/mol. The highest BCUT2D eigenvalue weighted by atomic mass is 16.5. The van der Waals surface area contributed by atoms with Crippen molar-refractivity contribution in [1.29, 1.82) is 0 Å². The second-order valence-corrected chi connectivity index (χ2v) is 9.91. The van der Waals surface area contributed by atoms with Crippen LogP contribution in [0, 0.1) is 11.8 Å². The van der Waals surface area contributed by atoms with E-state index >= 15 is 0 Å². The third-order valence-electron chi connectivity index (χ3n) is 6.79. The average molecular weight is 444 g/mol. The summed E-state index contributed by atoms with van der Waals surface area (Å²) in [6.45, 7) is 7.69. The zero-order chi connectivity index (χ0) is 22.8. The van der Waals surface area contributed by atoms with E-state index in [1.165, 1.54) is 12.4 Å². The Bertz CT molecular complexity index is 923. The minimum atomic E-state index is -0.387. The summed E-state index contributed by atoms with van der Waals surface area (Å²) < 4.78 is 13.9. The van der Waals surface area contributed by atoms with E-state index < -0.39 is 0 Å². The van der Waals surface area contributed by atoms with Crippen LogP contribution in [0.1, 0.15) is 59.3 Å². The summed E-state index contributed by atoms with van der Waals surface area (Å²) in [5.74, 6) is 0.810. The fraction of sp³-hybridized carbons (Fsp3) is 0.696. The van der Waals surface area contributed by atoms with Crippen LogP contribution < -0.4 is 0 Å². The fourth-order valence-electron chi connectivity index (χ4n) is 4.30. The van der Waals surface area contributed by atoms with Crippen molar-refractivity contribution in [3.63, 3.8) is 0 Å². The van der Waals surface area contributed by atoms with Crippen LogP contribution >= 0.6 is 0 Å². The van der Waals surface area contributed by atoms with Gasteiger partial charge in [-0.2, -0.15) is 0 Å². The standard InChI is InChI=1S/C23H33N5O4/c1-22(2,32-15-20(29)16-6-4-5-7-16)8-9-31-23(3)10-18(23)13-28-14-19(26-27-28)17-11-24-21(30)25-12-17/h11-12,14,16,18H,4-10,13,15H2,1-3H3,(H,24,25,30). The normalized spacial score (nSPS) is 23.5. The van der Waals surface area contributed by atoms with Gasteiger partial charge in [-0.1, -0.05) is 18.1 Å². The monoisotopic (exact) mass is 443 g/mol. The number of ketones is 1. The lowest BCUT2D eigenvalue weighted by Crippen LogP contribution is -2.31. The molecule has 2 aliphatic rings. The van der Waals surface area contributed by atoms with Crippen LogP contribution in [0.4, 0.5) is 0 Å². The molecule has 2 aromatic heterocycles. The topological polar surface area (TPSA) is 112 Å². The van der Waals surface area contributed by atoms with Crippen molar-refractivity contribution in [2.45, 2.75) is 77.0 Å². The first kappa shape index (κ1) is 22.8. The number of nitrogens with zero attached hydrogens (tertiary/aromatic N) is 5. The third-order valence-corrected chi connectivity index (χ3v) is 6.79. The van der Waals surface area contributed by atoms with Crippen LogP contribution in [0.25, 0.3) is 11.3 Å². The second kappa shape index (κ2) is 9.23. The number of aromatic nitrogens is 5. The van der Waals surface area contributed by atoms with Gasteiger partial charge >= 0.3 is 6.01 Å². The number of Topliss-reactive ketones (excluding diaryl/α,β-unsaturated/α-hetero) is 1. The number of aromatic hydroxyl groups is 1. The molecule has 2 atom stereocenters. The van der Waals surface area contributed by atoms with Crippen LogP contribution in [-0.4, -0.2) is 60.3 Å². The maximum Gasteiger partial charge on any atom is 0.313 e. The second-order valence-electron chi connectivity index (χ2n) is 9.91. The molecule has 0 bridgehead atoms. The highest BCUT2D eigenvalue weighted by Crippen LogP contribution is 2.47. The number of hydrogen-bond donors (Lipinski definition) is 1. The van der Waals surface area contributed by atoms with Crippen LogP contribution in [0.15, 0.2) is 18.6 Å². The molecule has 0 aliphatic heterocycles. The van der Waals surface area contributed by atoms with Crippen molar-refractivity contribution >= 4 is 5.78 Å². The first-order valence-electron chi connectivity index (χ1n) is 11.5. The number of hydrogen-bond acceptors (Lipinski definition) is 8. The van der Waals surface area contributed by atoms with Gasteiger partial charge in [0.1, 0.15) is 12.3 Å². The minimum absolute atomic E-state index is 0.177. The summed E-state index contributed by atoms with van der Waals surface area (Å²) in [6.07, 6.45) is 10.9. The Morgan fingerprint density at radius 1 is 1.28 bits per heavy atom. The molecule has 2 saturated carbocycles. The van der Waals surface area contributed by atoms with Crippen molar-refractivity contribution < 1.29 is 19.4 Å². The predicted octanol–water partition coefficient (Wildman–Crippen LogP) is 3.18. The van der Waals surface area contributed by atoms with Gasteiger partial charge in [0.15, 0.2) is 5.78 Å². The van der Waals surface area contributed by atoms with Crippen LogP contribution in [0.3, 0.4) is 0 Å². The Morgan fingerprint density at radius 2 is 2.00 bits per heavy atom. The smallest absolute Gasteiger partial charge is 0.313 e. The molecule has 1 N–H and O–H groups in total. The fourth-order valence-corrected chi connectivity index (χ4v) is 4.30. The molecule has 4 rings (SSSR count). The van der Waals surface area contributed by atoms with Crippen molar-refractivity contribution in [3.05, 3.63) is 18.6 Å². The number of carbonyl (C=O) groups excluding carboxylic acids is 1. The van der Waals surface area contributed by atoms with Gasteiger partial charge in [0, 0.05) is 36.3 Å². The quantitative estimate of drug-likeness (QED) is 0.563. The summed E-state index contributed by atoms with van der Waals surface area (Å²) in [5, 5.41) is 17.6. The SMILES string of the molecule is CC(C)(CCOC1(C)CC1Cn1cc(-c2cnc(O)nc2)nn1)OCC(=O)C1CCCC1. The third kappa shape index (κ3) is 5.69. The maximum atomic E-state index is 12.3. The molecule has 0 aromatic carbocycles. The molecule has 0 amide bonds.